The Morgan fingerprint density at radius 3 is 2.37 bits per heavy atom. The van der Waals surface area contributed by atoms with Gasteiger partial charge in [-0.15, -0.1) is 0 Å². The largest absolute Gasteiger partial charge is 0.291 e. The van der Waals surface area contributed by atoms with Crippen LogP contribution >= 0.6 is 11.6 Å². The molecule has 2 aromatic carbocycles. The number of halogens is 1. The van der Waals surface area contributed by atoms with Gasteiger partial charge in [-0.25, -0.2) is 0 Å². The molecule has 3 nitrogen and oxygen atoms in total. The Kier molecular flexibility index (Phi) is 4.55. The second-order valence-electron chi connectivity index (χ2n) is 4.10. The highest BCUT2D eigenvalue weighted by Crippen LogP contribution is 2.14. The SMILES string of the molecule is C[C@H](ONc1ccc(Cl)cc1)C(=O)c1ccccc1. The number of carbonyl (C=O) groups excluding carboxylic acids is 1. The molecule has 1 atom stereocenters. The summed E-state index contributed by atoms with van der Waals surface area (Å²) in [6.45, 7) is 1.71. The molecule has 0 aliphatic carbocycles. The fourth-order valence-corrected chi connectivity index (χ4v) is 1.69. The lowest BCUT2D eigenvalue weighted by Crippen LogP contribution is -2.23. The summed E-state index contributed by atoms with van der Waals surface area (Å²) in [6, 6.07) is 16.1. The van der Waals surface area contributed by atoms with Gasteiger partial charge < -0.3 is 0 Å². The molecule has 0 heterocycles. The molecule has 0 aliphatic heterocycles. The molecular weight excluding hydrogens is 262 g/mol. The number of rotatable bonds is 5. The highest BCUT2D eigenvalue weighted by Gasteiger charge is 2.15. The lowest BCUT2D eigenvalue weighted by molar-refractivity contribution is 0.0648. The molecule has 0 radical (unpaired) electrons. The van der Waals surface area contributed by atoms with E-state index in [2.05, 4.69) is 5.48 Å². The summed E-state index contributed by atoms with van der Waals surface area (Å²) in [7, 11) is 0. The lowest BCUT2D eigenvalue weighted by atomic mass is 10.1. The Morgan fingerprint density at radius 1 is 1.11 bits per heavy atom. The van der Waals surface area contributed by atoms with Crippen LogP contribution in [0.15, 0.2) is 54.6 Å². The summed E-state index contributed by atoms with van der Waals surface area (Å²) in [4.78, 5) is 17.4. The third-order valence-electron chi connectivity index (χ3n) is 2.63. The number of carbonyl (C=O) groups is 1. The van der Waals surface area contributed by atoms with Crippen molar-refractivity contribution in [2.24, 2.45) is 0 Å². The second-order valence-corrected chi connectivity index (χ2v) is 4.54. The van der Waals surface area contributed by atoms with E-state index in [0.717, 1.165) is 5.69 Å². The first kappa shape index (κ1) is 13.6. The predicted molar refractivity (Wildman–Crippen MR) is 76.4 cm³/mol. The maximum absolute atomic E-state index is 12.0. The number of anilines is 1. The molecule has 0 amide bonds. The van der Waals surface area contributed by atoms with Gasteiger partial charge in [0.15, 0.2) is 5.78 Å². The van der Waals surface area contributed by atoms with Gasteiger partial charge in [-0.1, -0.05) is 41.9 Å². The first-order valence-electron chi connectivity index (χ1n) is 5.93. The van der Waals surface area contributed by atoms with E-state index in [1.165, 1.54) is 0 Å². The molecule has 1 N–H and O–H groups in total. The van der Waals surface area contributed by atoms with Crippen LogP contribution in [-0.2, 0) is 4.84 Å². The van der Waals surface area contributed by atoms with Crippen LogP contribution in [0.4, 0.5) is 5.69 Å². The number of ketones is 1. The highest BCUT2D eigenvalue weighted by molar-refractivity contribution is 6.30. The molecular formula is C15H14ClNO2. The topological polar surface area (TPSA) is 38.3 Å². The van der Waals surface area contributed by atoms with Gasteiger partial charge in [0, 0.05) is 10.6 Å². The van der Waals surface area contributed by atoms with E-state index < -0.39 is 6.10 Å². The summed E-state index contributed by atoms with van der Waals surface area (Å²) in [5, 5.41) is 0.652. The van der Waals surface area contributed by atoms with Crippen molar-refractivity contribution < 1.29 is 9.63 Å². The Morgan fingerprint density at radius 2 is 1.74 bits per heavy atom. The van der Waals surface area contributed by atoms with Gasteiger partial charge >= 0.3 is 0 Å². The average molecular weight is 276 g/mol. The zero-order valence-electron chi connectivity index (χ0n) is 10.5. The number of hydrogen-bond donors (Lipinski definition) is 1. The summed E-state index contributed by atoms with van der Waals surface area (Å²) in [6.07, 6.45) is -0.571. The van der Waals surface area contributed by atoms with Gasteiger partial charge in [0.1, 0.15) is 6.10 Å². The summed E-state index contributed by atoms with van der Waals surface area (Å²) in [5.74, 6) is -0.0675. The quantitative estimate of drug-likeness (QED) is 0.663. The van der Waals surface area contributed by atoms with Gasteiger partial charge in [0.2, 0.25) is 0 Å². The Hall–Kier alpha value is -1.84. The Bertz CT molecular complexity index is 540. The fourth-order valence-electron chi connectivity index (χ4n) is 1.57. The Labute approximate surface area is 117 Å². The van der Waals surface area contributed by atoms with E-state index in [0.29, 0.717) is 10.6 Å². The molecule has 0 aliphatic rings. The molecule has 0 unspecified atom stereocenters. The van der Waals surface area contributed by atoms with Crippen LogP contribution in [0.2, 0.25) is 5.02 Å². The van der Waals surface area contributed by atoms with Crippen LogP contribution in [0.25, 0.3) is 0 Å². The maximum Gasteiger partial charge on any atom is 0.193 e. The number of benzene rings is 2. The molecule has 2 rings (SSSR count). The van der Waals surface area contributed by atoms with Crippen LogP contribution in [0, 0.1) is 0 Å². The van der Waals surface area contributed by atoms with Crippen LogP contribution in [-0.4, -0.2) is 11.9 Å². The monoisotopic (exact) mass is 275 g/mol. The lowest BCUT2D eigenvalue weighted by Gasteiger charge is -2.13. The van der Waals surface area contributed by atoms with E-state index in [1.54, 1.807) is 43.3 Å². The van der Waals surface area contributed by atoms with Crippen molar-refractivity contribution in [2.75, 3.05) is 5.48 Å². The standard InChI is InChI=1S/C15H14ClNO2/c1-11(15(18)12-5-3-2-4-6-12)19-17-14-9-7-13(16)8-10-14/h2-11,17H,1H3/t11-/m0/s1. The number of Topliss-reactive ketones (excluding diaryl/α,β-unsaturated/α-hetero) is 1. The van der Waals surface area contributed by atoms with Gasteiger partial charge in [0.05, 0.1) is 5.69 Å². The third kappa shape index (κ3) is 3.81. The van der Waals surface area contributed by atoms with Crippen LogP contribution in [0.1, 0.15) is 17.3 Å². The van der Waals surface area contributed by atoms with E-state index in [1.807, 2.05) is 18.2 Å². The second kappa shape index (κ2) is 6.36. The Balaban J connectivity index is 1.92. The molecule has 19 heavy (non-hydrogen) atoms. The normalized spacial score (nSPS) is 11.9. The van der Waals surface area contributed by atoms with Crippen LogP contribution in [0.3, 0.4) is 0 Å². The smallest absolute Gasteiger partial charge is 0.193 e. The number of nitrogens with one attached hydrogen (secondary N) is 1. The van der Waals surface area contributed by atoms with Crippen molar-refractivity contribution in [3.8, 4) is 0 Å². The molecule has 0 spiro atoms. The van der Waals surface area contributed by atoms with Gasteiger partial charge in [-0.2, -0.15) is 0 Å². The molecule has 0 aromatic heterocycles. The minimum atomic E-state index is -0.571. The predicted octanol–water partition coefficient (Wildman–Crippen LogP) is 3.95. The maximum atomic E-state index is 12.0. The first-order valence-corrected chi connectivity index (χ1v) is 6.31. The minimum Gasteiger partial charge on any atom is -0.291 e. The van der Waals surface area contributed by atoms with Crippen molar-refractivity contribution in [3.05, 3.63) is 65.2 Å². The zero-order chi connectivity index (χ0) is 13.7. The van der Waals surface area contributed by atoms with Gasteiger partial charge in [-0.05, 0) is 31.2 Å². The molecule has 0 saturated heterocycles. The minimum absolute atomic E-state index is 0.0675. The average Bonchev–Trinajstić information content (AvgIpc) is 2.46. The molecule has 0 fully saturated rings. The van der Waals surface area contributed by atoms with E-state index in [9.17, 15) is 4.79 Å². The molecule has 2 aromatic rings. The van der Waals surface area contributed by atoms with Crippen molar-refractivity contribution in [1.82, 2.24) is 0 Å². The van der Waals surface area contributed by atoms with Crippen molar-refractivity contribution in [1.29, 1.82) is 0 Å². The van der Waals surface area contributed by atoms with E-state index in [4.69, 9.17) is 16.4 Å². The van der Waals surface area contributed by atoms with Gasteiger partial charge in [0.25, 0.3) is 0 Å². The van der Waals surface area contributed by atoms with Crippen molar-refractivity contribution in [3.63, 3.8) is 0 Å². The summed E-state index contributed by atoms with van der Waals surface area (Å²) in [5.41, 5.74) is 4.12. The zero-order valence-corrected chi connectivity index (χ0v) is 11.2. The molecule has 0 bridgehead atoms. The fraction of sp³-hybridized carbons (Fsp3) is 0.133. The van der Waals surface area contributed by atoms with Crippen LogP contribution < -0.4 is 5.48 Å². The van der Waals surface area contributed by atoms with Gasteiger partial charge in [-0.3, -0.25) is 15.1 Å². The van der Waals surface area contributed by atoms with Crippen LogP contribution in [0.5, 0.6) is 0 Å². The van der Waals surface area contributed by atoms with Crippen molar-refractivity contribution >= 4 is 23.1 Å². The summed E-state index contributed by atoms with van der Waals surface area (Å²) < 4.78 is 0. The summed E-state index contributed by atoms with van der Waals surface area (Å²) >= 11 is 5.78. The van der Waals surface area contributed by atoms with Crippen molar-refractivity contribution in [2.45, 2.75) is 13.0 Å². The highest BCUT2D eigenvalue weighted by atomic mass is 35.5. The molecule has 4 heteroatoms. The first-order chi connectivity index (χ1) is 9.16. The molecule has 0 saturated carbocycles. The van der Waals surface area contributed by atoms with E-state index >= 15 is 0 Å². The van der Waals surface area contributed by atoms with E-state index in [-0.39, 0.29) is 5.78 Å². The number of hydrogen-bond acceptors (Lipinski definition) is 3. The molecule has 98 valence electrons. The third-order valence-corrected chi connectivity index (χ3v) is 2.88.